The van der Waals surface area contributed by atoms with Crippen LogP contribution in [0.4, 0.5) is 18.0 Å². The Morgan fingerprint density at radius 3 is 2.67 bits per heavy atom. The van der Waals surface area contributed by atoms with Crippen LogP contribution < -0.4 is 5.73 Å². The third-order valence-corrected chi connectivity index (χ3v) is 4.38. The van der Waals surface area contributed by atoms with Crippen LogP contribution in [0.25, 0.3) is 0 Å². The summed E-state index contributed by atoms with van der Waals surface area (Å²) in [5, 5.41) is 0. The molecule has 0 radical (unpaired) electrons. The molecule has 0 aromatic heterocycles. The van der Waals surface area contributed by atoms with Gasteiger partial charge in [0.2, 0.25) is 0 Å². The number of rotatable bonds is 2. The molecule has 1 aliphatic rings. The first kappa shape index (κ1) is 19.1. The lowest BCUT2D eigenvalue weighted by Gasteiger charge is -2.29. The molecule has 0 saturated carbocycles. The minimum Gasteiger partial charge on any atom is -0.444 e. The minimum absolute atomic E-state index is 0.124. The van der Waals surface area contributed by atoms with Crippen molar-refractivity contribution in [2.45, 2.75) is 50.8 Å². The van der Waals surface area contributed by atoms with Crippen LogP contribution in [0.2, 0.25) is 0 Å². The van der Waals surface area contributed by atoms with Gasteiger partial charge in [0.05, 0.1) is 23.1 Å². The van der Waals surface area contributed by atoms with E-state index in [1.807, 2.05) is 0 Å². The van der Waals surface area contributed by atoms with Crippen molar-refractivity contribution in [3.63, 3.8) is 0 Å². The number of nitrogens with zero attached hydrogens (tertiary/aromatic N) is 1. The van der Waals surface area contributed by atoms with Crippen molar-refractivity contribution >= 4 is 22.0 Å². The summed E-state index contributed by atoms with van der Waals surface area (Å²) in [4.78, 5) is 13.2. The van der Waals surface area contributed by atoms with E-state index in [0.29, 0.717) is 0 Å². The van der Waals surface area contributed by atoms with Gasteiger partial charge in [0, 0.05) is 0 Å². The summed E-state index contributed by atoms with van der Waals surface area (Å²) in [7, 11) is 0. The molecule has 2 N–H and O–H groups in total. The quantitative estimate of drug-likeness (QED) is 0.811. The van der Waals surface area contributed by atoms with E-state index in [-0.39, 0.29) is 16.5 Å². The number of ether oxygens (including phenoxy) is 1. The molecule has 1 heterocycles. The van der Waals surface area contributed by atoms with Crippen molar-refractivity contribution in [3.05, 3.63) is 34.1 Å². The maximum atomic E-state index is 14.2. The molecule has 2 atom stereocenters. The summed E-state index contributed by atoms with van der Waals surface area (Å²) in [5.41, 5.74) is 5.03. The van der Waals surface area contributed by atoms with E-state index >= 15 is 0 Å². The number of likely N-dealkylation sites (tertiary alicyclic amines) is 1. The molecule has 1 aromatic rings. The second-order valence-corrected chi connectivity index (χ2v) is 7.73. The largest absolute Gasteiger partial charge is 0.444 e. The fourth-order valence-corrected chi connectivity index (χ4v) is 3.02. The SMILES string of the molecule is CC(C)(C)OC(=O)N1CC(F)(F)[C@@H](N)[C@H]1Cc1cccc(Br)c1F. The van der Waals surface area contributed by atoms with Crippen LogP contribution in [0.15, 0.2) is 22.7 Å². The van der Waals surface area contributed by atoms with Crippen molar-refractivity contribution < 1.29 is 22.7 Å². The first-order chi connectivity index (χ1) is 10.9. The van der Waals surface area contributed by atoms with Gasteiger partial charge in [-0.05, 0) is 54.8 Å². The number of nitrogens with two attached hydrogens (primary N) is 1. The number of carbonyl (C=O) groups is 1. The van der Waals surface area contributed by atoms with Gasteiger partial charge in [-0.3, -0.25) is 4.90 Å². The maximum absolute atomic E-state index is 14.2. The highest BCUT2D eigenvalue weighted by atomic mass is 79.9. The number of hydrogen-bond donors (Lipinski definition) is 1. The van der Waals surface area contributed by atoms with Crippen LogP contribution in [0, 0.1) is 5.82 Å². The zero-order chi connectivity index (χ0) is 18.3. The number of halogens is 4. The molecule has 1 amide bonds. The first-order valence-corrected chi connectivity index (χ1v) is 8.27. The highest BCUT2D eigenvalue weighted by Gasteiger charge is 2.55. The van der Waals surface area contributed by atoms with Gasteiger partial charge in [-0.2, -0.15) is 0 Å². The Hall–Kier alpha value is -1.28. The molecule has 134 valence electrons. The summed E-state index contributed by atoms with van der Waals surface area (Å²) in [5.74, 6) is -3.81. The second kappa shape index (κ2) is 6.55. The van der Waals surface area contributed by atoms with Crippen molar-refractivity contribution in [1.29, 1.82) is 0 Å². The number of amides is 1. The van der Waals surface area contributed by atoms with E-state index in [4.69, 9.17) is 10.5 Å². The van der Waals surface area contributed by atoms with Crippen molar-refractivity contribution in [2.75, 3.05) is 6.54 Å². The third-order valence-electron chi connectivity index (χ3n) is 3.77. The smallest absolute Gasteiger partial charge is 0.410 e. The van der Waals surface area contributed by atoms with Crippen LogP contribution in [-0.4, -0.2) is 41.1 Å². The van der Waals surface area contributed by atoms with Crippen molar-refractivity contribution in [1.82, 2.24) is 4.90 Å². The van der Waals surface area contributed by atoms with Gasteiger partial charge in [-0.25, -0.2) is 18.0 Å². The van der Waals surface area contributed by atoms with Crippen LogP contribution in [0.1, 0.15) is 26.3 Å². The molecule has 2 rings (SSSR count). The highest BCUT2D eigenvalue weighted by molar-refractivity contribution is 9.10. The average molecular weight is 409 g/mol. The summed E-state index contributed by atoms with van der Waals surface area (Å²) < 4.78 is 47.6. The molecule has 0 unspecified atom stereocenters. The van der Waals surface area contributed by atoms with Crippen LogP contribution in [0.3, 0.4) is 0 Å². The van der Waals surface area contributed by atoms with Crippen molar-refractivity contribution in [2.24, 2.45) is 5.73 Å². The molecule has 24 heavy (non-hydrogen) atoms. The molecule has 0 aliphatic carbocycles. The fraction of sp³-hybridized carbons (Fsp3) is 0.562. The minimum atomic E-state index is -3.26. The molecule has 1 saturated heterocycles. The van der Waals surface area contributed by atoms with E-state index in [1.54, 1.807) is 26.8 Å². The monoisotopic (exact) mass is 408 g/mol. The normalized spacial score (nSPS) is 23.4. The molecular weight excluding hydrogens is 389 g/mol. The fourth-order valence-electron chi connectivity index (χ4n) is 2.61. The highest BCUT2D eigenvalue weighted by Crippen LogP contribution is 2.34. The number of benzene rings is 1. The Kier molecular flexibility index (Phi) is 5.20. The summed E-state index contributed by atoms with van der Waals surface area (Å²) in [6.45, 7) is 4.08. The van der Waals surface area contributed by atoms with E-state index in [2.05, 4.69) is 15.9 Å². The van der Waals surface area contributed by atoms with E-state index in [0.717, 1.165) is 4.90 Å². The second-order valence-electron chi connectivity index (χ2n) is 6.88. The predicted octanol–water partition coefficient (Wildman–Crippen LogP) is 3.71. The molecule has 8 heteroatoms. The Morgan fingerprint density at radius 1 is 1.46 bits per heavy atom. The topological polar surface area (TPSA) is 55.6 Å². The lowest BCUT2D eigenvalue weighted by Crippen LogP contribution is -2.48. The molecule has 1 aromatic carbocycles. The van der Waals surface area contributed by atoms with Crippen molar-refractivity contribution in [3.8, 4) is 0 Å². The summed E-state index contributed by atoms with van der Waals surface area (Å²) in [6.07, 6.45) is -1.00. The standard InChI is InChI=1S/C16H20BrF3N2O2/c1-15(2,3)24-14(23)22-8-16(19,20)13(21)11(22)7-9-5-4-6-10(17)12(9)18/h4-6,11,13H,7-8,21H2,1-3H3/t11-,13+/m1/s1. The van der Waals surface area contributed by atoms with Crippen LogP contribution >= 0.6 is 15.9 Å². The number of alkyl halides is 2. The number of carbonyl (C=O) groups excluding carboxylic acids is 1. The van der Waals surface area contributed by atoms with E-state index in [1.165, 1.54) is 12.1 Å². The zero-order valence-electron chi connectivity index (χ0n) is 13.7. The van der Waals surface area contributed by atoms with Gasteiger partial charge < -0.3 is 10.5 Å². The Balaban J connectivity index is 2.29. The summed E-state index contributed by atoms with van der Waals surface area (Å²) in [6, 6.07) is 1.94. The van der Waals surface area contributed by atoms with Gasteiger partial charge in [0.15, 0.2) is 0 Å². The Morgan fingerprint density at radius 2 is 2.08 bits per heavy atom. The van der Waals surface area contributed by atoms with E-state index < -0.39 is 42.1 Å². The molecule has 1 aliphatic heterocycles. The number of hydrogen-bond acceptors (Lipinski definition) is 3. The van der Waals surface area contributed by atoms with Gasteiger partial charge in [0.25, 0.3) is 5.92 Å². The first-order valence-electron chi connectivity index (χ1n) is 7.48. The predicted molar refractivity (Wildman–Crippen MR) is 87.5 cm³/mol. The van der Waals surface area contributed by atoms with Gasteiger partial charge in [-0.15, -0.1) is 0 Å². The lowest BCUT2D eigenvalue weighted by molar-refractivity contribution is -0.00942. The molecule has 0 bridgehead atoms. The lowest BCUT2D eigenvalue weighted by atomic mass is 9.99. The molecule has 1 fully saturated rings. The van der Waals surface area contributed by atoms with Gasteiger partial charge in [-0.1, -0.05) is 12.1 Å². The molecular formula is C16H20BrF3N2O2. The summed E-state index contributed by atoms with van der Waals surface area (Å²) >= 11 is 3.06. The van der Waals surface area contributed by atoms with E-state index in [9.17, 15) is 18.0 Å². The Bertz CT molecular complexity index is 634. The van der Waals surface area contributed by atoms with Gasteiger partial charge >= 0.3 is 6.09 Å². The third kappa shape index (κ3) is 4.03. The van der Waals surface area contributed by atoms with Crippen LogP contribution in [0.5, 0.6) is 0 Å². The van der Waals surface area contributed by atoms with Crippen LogP contribution in [-0.2, 0) is 11.2 Å². The molecule has 4 nitrogen and oxygen atoms in total. The Labute approximate surface area is 147 Å². The molecule has 0 spiro atoms. The maximum Gasteiger partial charge on any atom is 0.410 e. The van der Waals surface area contributed by atoms with Gasteiger partial charge in [0.1, 0.15) is 11.4 Å². The zero-order valence-corrected chi connectivity index (χ0v) is 15.2. The average Bonchev–Trinajstić information content (AvgIpc) is 2.66.